The topological polar surface area (TPSA) is 73.9 Å². The third-order valence-electron chi connectivity index (χ3n) is 4.16. The monoisotopic (exact) mass is 355 g/mol. The summed E-state index contributed by atoms with van der Waals surface area (Å²) in [6.07, 6.45) is 0.350. The third-order valence-corrected chi connectivity index (χ3v) is 6.52. The van der Waals surface area contributed by atoms with Crippen LogP contribution in [0.5, 0.6) is 0 Å². The normalized spacial score (nSPS) is 24.1. The van der Waals surface area contributed by atoms with E-state index in [4.69, 9.17) is 13.8 Å². The van der Waals surface area contributed by atoms with Crippen LogP contribution in [0.3, 0.4) is 0 Å². The van der Waals surface area contributed by atoms with Crippen LogP contribution < -0.4 is 5.32 Å². The van der Waals surface area contributed by atoms with Gasteiger partial charge in [-0.2, -0.15) is 0 Å². The van der Waals surface area contributed by atoms with Crippen LogP contribution in [-0.2, 0) is 23.1 Å². The standard InChI is InChI=1S/C17H26NO5P/c1-5-22-24(20,23-6-2)15-11-14(17(19)21-4)16(18-15)13-9-7-8-12(3)10-13/h7-10,14-16,18H,5-6,11H2,1-4H3/t14-,15+,16-/m0/s1. The average molecular weight is 355 g/mol. The van der Waals surface area contributed by atoms with E-state index >= 15 is 0 Å². The molecule has 0 aromatic heterocycles. The highest BCUT2D eigenvalue weighted by Gasteiger charge is 2.48. The molecule has 1 fully saturated rings. The number of hydrogen-bond acceptors (Lipinski definition) is 6. The number of hydrogen-bond donors (Lipinski definition) is 1. The lowest BCUT2D eigenvalue weighted by atomic mass is 9.93. The van der Waals surface area contributed by atoms with Gasteiger partial charge in [-0.05, 0) is 32.8 Å². The van der Waals surface area contributed by atoms with Crippen molar-refractivity contribution in [2.24, 2.45) is 5.92 Å². The van der Waals surface area contributed by atoms with Gasteiger partial charge in [-0.15, -0.1) is 0 Å². The zero-order valence-corrected chi connectivity index (χ0v) is 15.5. The van der Waals surface area contributed by atoms with E-state index in [0.29, 0.717) is 6.42 Å². The van der Waals surface area contributed by atoms with Gasteiger partial charge in [0.2, 0.25) is 0 Å². The first-order valence-electron chi connectivity index (χ1n) is 8.24. The molecular formula is C17H26NO5P. The van der Waals surface area contributed by atoms with Gasteiger partial charge in [0, 0.05) is 6.04 Å². The SMILES string of the molecule is CCOP(=O)(OCC)[C@@H]1C[C@H](C(=O)OC)[C@H](c2cccc(C)c2)N1. The molecule has 1 N–H and O–H groups in total. The molecule has 0 unspecified atom stereocenters. The van der Waals surface area contributed by atoms with Crippen molar-refractivity contribution in [3.63, 3.8) is 0 Å². The Kier molecular flexibility index (Phi) is 6.58. The Hall–Kier alpha value is -1.20. The van der Waals surface area contributed by atoms with Crippen molar-refractivity contribution in [1.29, 1.82) is 0 Å². The molecule has 1 aliphatic heterocycles. The van der Waals surface area contributed by atoms with Gasteiger partial charge in [-0.3, -0.25) is 14.7 Å². The van der Waals surface area contributed by atoms with Gasteiger partial charge in [0.15, 0.2) is 0 Å². The number of ether oxygens (including phenoxy) is 1. The van der Waals surface area contributed by atoms with Gasteiger partial charge < -0.3 is 13.8 Å². The Morgan fingerprint density at radius 2 is 1.96 bits per heavy atom. The molecule has 6 nitrogen and oxygen atoms in total. The Morgan fingerprint density at radius 3 is 2.50 bits per heavy atom. The first kappa shape index (κ1) is 19.1. The molecule has 1 aromatic carbocycles. The van der Waals surface area contributed by atoms with Gasteiger partial charge in [-0.1, -0.05) is 29.8 Å². The molecule has 1 saturated heterocycles. The fourth-order valence-corrected chi connectivity index (χ4v) is 5.12. The van der Waals surface area contributed by atoms with Crippen LogP contribution in [0.2, 0.25) is 0 Å². The number of esters is 1. The molecule has 0 bridgehead atoms. The van der Waals surface area contributed by atoms with Crippen molar-refractivity contribution in [2.45, 2.75) is 39.0 Å². The lowest BCUT2D eigenvalue weighted by Crippen LogP contribution is -2.28. The molecule has 1 aliphatic rings. The zero-order valence-electron chi connectivity index (χ0n) is 14.7. The van der Waals surface area contributed by atoms with E-state index in [1.807, 2.05) is 31.2 Å². The van der Waals surface area contributed by atoms with Crippen molar-refractivity contribution in [3.8, 4) is 0 Å². The van der Waals surface area contributed by atoms with Crippen LogP contribution in [0, 0.1) is 12.8 Å². The summed E-state index contributed by atoms with van der Waals surface area (Å²) in [5.74, 6) is -1.29. The van der Waals surface area contributed by atoms with Crippen LogP contribution in [0.1, 0.15) is 37.4 Å². The Morgan fingerprint density at radius 1 is 1.29 bits per heavy atom. The van der Waals surface area contributed by atoms with Gasteiger partial charge >= 0.3 is 13.6 Å². The van der Waals surface area contributed by atoms with E-state index in [1.54, 1.807) is 13.8 Å². The molecule has 1 aromatic rings. The Labute approximate surface area is 143 Å². The minimum Gasteiger partial charge on any atom is -0.469 e. The molecule has 1 heterocycles. The van der Waals surface area contributed by atoms with Crippen LogP contribution in [-0.4, -0.2) is 32.1 Å². The number of rotatable bonds is 7. The molecule has 0 saturated carbocycles. The minimum absolute atomic E-state index is 0.281. The second-order valence-corrected chi connectivity index (χ2v) is 8.03. The minimum atomic E-state index is -3.34. The van der Waals surface area contributed by atoms with Crippen molar-refractivity contribution in [1.82, 2.24) is 5.32 Å². The summed E-state index contributed by atoms with van der Waals surface area (Å²) in [6, 6.07) is 7.63. The van der Waals surface area contributed by atoms with Crippen LogP contribution in [0.4, 0.5) is 0 Å². The van der Waals surface area contributed by atoms with E-state index in [2.05, 4.69) is 5.32 Å². The fraction of sp³-hybridized carbons (Fsp3) is 0.588. The smallest absolute Gasteiger partial charge is 0.347 e. The summed E-state index contributed by atoms with van der Waals surface area (Å²) in [6.45, 7) is 6.11. The van der Waals surface area contributed by atoms with Crippen molar-refractivity contribution in [3.05, 3.63) is 35.4 Å². The summed E-state index contributed by atoms with van der Waals surface area (Å²) in [4.78, 5) is 12.2. The second kappa shape index (κ2) is 8.26. The molecule has 0 amide bonds. The summed E-state index contributed by atoms with van der Waals surface area (Å²) >= 11 is 0. The second-order valence-electron chi connectivity index (χ2n) is 5.82. The van der Waals surface area contributed by atoms with Gasteiger partial charge in [0.1, 0.15) is 5.78 Å². The Bertz CT molecular complexity index is 611. The number of carbonyl (C=O) groups is 1. The van der Waals surface area contributed by atoms with Gasteiger partial charge in [-0.25, -0.2) is 0 Å². The molecule has 134 valence electrons. The van der Waals surface area contributed by atoms with Crippen molar-refractivity contribution < 1.29 is 23.1 Å². The third kappa shape index (κ3) is 4.06. The first-order chi connectivity index (χ1) is 11.4. The highest BCUT2D eigenvalue weighted by Crippen LogP contribution is 2.57. The van der Waals surface area contributed by atoms with Gasteiger partial charge in [0.05, 0.1) is 26.2 Å². The van der Waals surface area contributed by atoms with E-state index in [0.717, 1.165) is 11.1 Å². The molecule has 0 aliphatic carbocycles. The van der Waals surface area contributed by atoms with Crippen LogP contribution >= 0.6 is 7.60 Å². The highest BCUT2D eigenvalue weighted by atomic mass is 31.2. The molecule has 3 atom stereocenters. The van der Waals surface area contributed by atoms with E-state index in [1.165, 1.54) is 7.11 Å². The molecule has 0 radical (unpaired) electrons. The fourth-order valence-electron chi connectivity index (χ4n) is 3.14. The maximum Gasteiger partial charge on any atom is 0.347 e. The molecule has 0 spiro atoms. The average Bonchev–Trinajstić information content (AvgIpc) is 3.00. The zero-order chi connectivity index (χ0) is 17.7. The van der Waals surface area contributed by atoms with Gasteiger partial charge in [0.25, 0.3) is 0 Å². The number of methoxy groups -OCH3 is 1. The lowest BCUT2D eigenvalue weighted by Gasteiger charge is -2.24. The lowest BCUT2D eigenvalue weighted by molar-refractivity contribution is -0.145. The number of benzene rings is 1. The largest absolute Gasteiger partial charge is 0.469 e. The molecular weight excluding hydrogens is 329 g/mol. The summed E-state index contributed by atoms with van der Waals surface area (Å²) in [5, 5.41) is 3.30. The predicted octanol–water partition coefficient (Wildman–Crippen LogP) is 3.41. The molecule has 7 heteroatoms. The van der Waals surface area contributed by atoms with Crippen molar-refractivity contribution >= 4 is 13.6 Å². The maximum atomic E-state index is 13.1. The summed E-state index contributed by atoms with van der Waals surface area (Å²) in [5.41, 5.74) is 2.06. The Balaban J connectivity index is 2.33. The number of aryl methyl sites for hydroxylation is 1. The van der Waals surface area contributed by atoms with Crippen LogP contribution in [0.25, 0.3) is 0 Å². The van der Waals surface area contributed by atoms with Crippen LogP contribution in [0.15, 0.2) is 24.3 Å². The quantitative estimate of drug-likeness (QED) is 0.597. The summed E-state index contributed by atoms with van der Waals surface area (Å²) < 4.78 is 28.9. The van der Waals surface area contributed by atoms with Crippen molar-refractivity contribution in [2.75, 3.05) is 20.3 Å². The predicted molar refractivity (Wildman–Crippen MR) is 91.8 cm³/mol. The van der Waals surface area contributed by atoms with E-state index in [9.17, 15) is 9.36 Å². The highest BCUT2D eigenvalue weighted by molar-refractivity contribution is 7.54. The van der Waals surface area contributed by atoms with E-state index in [-0.39, 0.29) is 25.2 Å². The summed E-state index contributed by atoms with van der Waals surface area (Å²) in [7, 11) is -1.97. The van der Waals surface area contributed by atoms with E-state index < -0.39 is 19.3 Å². The number of nitrogens with one attached hydrogen (secondary N) is 1. The molecule has 24 heavy (non-hydrogen) atoms. The molecule has 2 rings (SSSR count). The number of carbonyl (C=O) groups excluding carboxylic acids is 1. The maximum absolute atomic E-state index is 13.1. The first-order valence-corrected chi connectivity index (χ1v) is 9.85.